The van der Waals surface area contributed by atoms with E-state index in [9.17, 15) is 0 Å². The van der Waals surface area contributed by atoms with E-state index in [2.05, 4.69) is 158 Å². The average molecular weight is 667 g/mol. The van der Waals surface area contributed by atoms with Crippen LogP contribution in [0.3, 0.4) is 0 Å². The fraction of sp³-hybridized carbons (Fsp3) is 0.154. The quantitative estimate of drug-likeness (QED) is 0.164. The SMILES string of the molecule is C=C1CC=CC2=C1C1=C(C=CCCC1)C21c2ccccc2C2(c3ccccc3-c3ccccc32)c2c(-c3cccc4ccccc34)cccc21.CC. The Morgan fingerprint density at radius 1 is 0.500 bits per heavy atom. The normalized spacial score (nSPS) is 19.8. The molecule has 0 heterocycles. The lowest BCUT2D eigenvalue weighted by atomic mass is 9.50. The van der Waals surface area contributed by atoms with Crippen molar-refractivity contribution in [1.82, 2.24) is 0 Å². The fourth-order valence-corrected chi connectivity index (χ4v) is 10.7. The summed E-state index contributed by atoms with van der Waals surface area (Å²) < 4.78 is 0. The van der Waals surface area contributed by atoms with E-state index in [0.717, 1.165) is 25.7 Å². The van der Waals surface area contributed by atoms with Gasteiger partial charge in [0, 0.05) is 0 Å². The van der Waals surface area contributed by atoms with Gasteiger partial charge in [-0.15, -0.1) is 0 Å². The minimum atomic E-state index is -0.508. The molecule has 0 amide bonds. The first-order valence-corrected chi connectivity index (χ1v) is 19.2. The predicted molar refractivity (Wildman–Crippen MR) is 219 cm³/mol. The Kier molecular flexibility index (Phi) is 6.96. The van der Waals surface area contributed by atoms with E-state index in [0.29, 0.717) is 0 Å². The zero-order valence-corrected chi connectivity index (χ0v) is 30.0. The zero-order chi connectivity index (χ0) is 35.0. The van der Waals surface area contributed by atoms with Crippen LogP contribution in [-0.2, 0) is 10.8 Å². The topological polar surface area (TPSA) is 0 Å². The minimum absolute atomic E-state index is 0.463. The van der Waals surface area contributed by atoms with E-state index in [-0.39, 0.29) is 0 Å². The van der Waals surface area contributed by atoms with Gasteiger partial charge in [-0.3, -0.25) is 0 Å². The van der Waals surface area contributed by atoms with Crippen molar-refractivity contribution in [1.29, 1.82) is 0 Å². The van der Waals surface area contributed by atoms with Crippen molar-refractivity contribution in [2.24, 2.45) is 0 Å². The summed E-state index contributed by atoms with van der Waals surface area (Å²) in [5, 5.41) is 2.56. The van der Waals surface area contributed by atoms with Crippen molar-refractivity contribution in [2.75, 3.05) is 0 Å². The van der Waals surface area contributed by atoms with Gasteiger partial charge >= 0.3 is 0 Å². The van der Waals surface area contributed by atoms with Gasteiger partial charge < -0.3 is 0 Å². The Hall–Kier alpha value is -5.72. The maximum absolute atomic E-state index is 4.73. The summed E-state index contributed by atoms with van der Waals surface area (Å²) in [4.78, 5) is 0. The van der Waals surface area contributed by atoms with E-state index in [4.69, 9.17) is 6.58 Å². The molecule has 0 heteroatoms. The summed E-state index contributed by atoms with van der Waals surface area (Å²) in [6, 6.07) is 50.9. The van der Waals surface area contributed by atoms with Crippen LogP contribution in [0.15, 0.2) is 192 Å². The molecule has 250 valence electrons. The molecule has 0 radical (unpaired) electrons. The van der Waals surface area contributed by atoms with Gasteiger partial charge in [0.15, 0.2) is 0 Å². The molecule has 5 aliphatic carbocycles. The second kappa shape index (κ2) is 11.7. The number of hydrogen-bond acceptors (Lipinski definition) is 0. The van der Waals surface area contributed by atoms with Crippen LogP contribution in [0, 0.1) is 0 Å². The molecule has 1 unspecified atom stereocenters. The molecule has 0 saturated carbocycles. The van der Waals surface area contributed by atoms with Crippen LogP contribution in [-0.4, -0.2) is 0 Å². The summed E-state index contributed by atoms with van der Waals surface area (Å²) in [6.07, 6.45) is 14.0. The fourth-order valence-electron chi connectivity index (χ4n) is 10.7. The third-order valence-corrected chi connectivity index (χ3v) is 12.4. The lowest BCUT2D eigenvalue weighted by Crippen LogP contribution is -2.45. The average Bonchev–Trinajstić information content (AvgIpc) is 3.51. The first kappa shape index (κ1) is 31.1. The van der Waals surface area contributed by atoms with E-state index in [1.165, 1.54) is 94.3 Å². The molecule has 0 saturated heterocycles. The Labute approximate surface area is 307 Å². The highest BCUT2D eigenvalue weighted by Gasteiger charge is 2.60. The Morgan fingerprint density at radius 3 is 1.83 bits per heavy atom. The van der Waals surface area contributed by atoms with E-state index >= 15 is 0 Å². The van der Waals surface area contributed by atoms with Gasteiger partial charge in [0.1, 0.15) is 0 Å². The maximum atomic E-state index is 4.73. The molecule has 6 aromatic carbocycles. The van der Waals surface area contributed by atoms with Crippen LogP contribution < -0.4 is 0 Å². The molecule has 6 aromatic rings. The van der Waals surface area contributed by atoms with Gasteiger partial charge in [-0.05, 0) is 120 Å². The molecule has 0 aliphatic heterocycles. The van der Waals surface area contributed by atoms with E-state index in [1.807, 2.05) is 13.8 Å². The van der Waals surface area contributed by atoms with Crippen LogP contribution in [0.4, 0.5) is 0 Å². The molecule has 0 N–H and O–H groups in total. The highest BCUT2D eigenvalue weighted by Crippen LogP contribution is 2.69. The summed E-state index contributed by atoms with van der Waals surface area (Å²) in [6.45, 7) is 8.73. The number of benzene rings is 6. The molecule has 0 aromatic heterocycles. The molecule has 0 bridgehead atoms. The van der Waals surface area contributed by atoms with Crippen molar-refractivity contribution >= 4 is 10.8 Å². The van der Waals surface area contributed by atoms with Crippen LogP contribution in [0.25, 0.3) is 33.0 Å². The summed E-state index contributed by atoms with van der Waals surface area (Å²) in [5.41, 5.74) is 19.7. The van der Waals surface area contributed by atoms with Crippen LogP contribution in [0.1, 0.15) is 72.9 Å². The summed E-state index contributed by atoms with van der Waals surface area (Å²) in [5.74, 6) is 0. The summed E-state index contributed by atoms with van der Waals surface area (Å²) in [7, 11) is 0. The molecule has 2 spiro atoms. The highest BCUT2D eigenvalue weighted by molar-refractivity contribution is 6.01. The van der Waals surface area contributed by atoms with Crippen molar-refractivity contribution in [3.05, 3.63) is 226 Å². The van der Waals surface area contributed by atoms with Crippen molar-refractivity contribution in [3.8, 4) is 22.3 Å². The van der Waals surface area contributed by atoms with Crippen molar-refractivity contribution in [3.63, 3.8) is 0 Å². The third-order valence-electron chi connectivity index (χ3n) is 12.4. The van der Waals surface area contributed by atoms with Crippen LogP contribution in [0.5, 0.6) is 0 Å². The Balaban J connectivity index is 0.00000166. The molecule has 11 rings (SSSR count). The summed E-state index contributed by atoms with van der Waals surface area (Å²) >= 11 is 0. The number of hydrogen-bond donors (Lipinski definition) is 0. The van der Waals surface area contributed by atoms with E-state index in [1.54, 1.807) is 0 Å². The lowest BCUT2D eigenvalue weighted by Gasteiger charge is -2.50. The molecule has 0 nitrogen and oxygen atoms in total. The monoisotopic (exact) mass is 666 g/mol. The predicted octanol–water partition coefficient (Wildman–Crippen LogP) is 13.4. The number of fused-ring (bicyclic) bond motifs is 15. The second-order valence-electron chi connectivity index (χ2n) is 14.6. The molecule has 52 heavy (non-hydrogen) atoms. The van der Waals surface area contributed by atoms with Crippen LogP contribution >= 0.6 is 0 Å². The molecule has 1 atom stereocenters. The minimum Gasteiger partial charge on any atom is -0.0949 e. The largest absolute Gasteiger partial charge is 0.0949 e. The van der Waals surface area contributed by atoms with Crippen molar-refractivity contribution < 1.29 is 0 Å². The molecule has 0 fully saturated rings. The van der Waals surface area contributed by atoms with Gasteiger partial charge in [0.25, 0.3) is 0 Å². The number of rotatable bonds is 1. The lowest BCUT2D eigenvalue weighted by molar-refractivity contribution is 0.627. The maximum Gasteiger partial charge on any atom is 0.0725 e. The highest BCUT2D eigenvalue weighted by atomic mass is 14.6. The van der Waals surface area contributed by atoms with Gasteiger partial charge in [-0.2, -0.15) is 0 Å². The Bertz CT molecular complexity index is 2560. The molecule has 5 aliphatic rings. The number of allylic oxidation sites excluding steroid dienone is 9. The van der Waals surface area contributed by atoms with Gasteiger partial charge in [0.05, 0.1) is 10.8 Å². The third kappa shape index (κ3) is 3.77. The van der Waals surface area contributed by atoms with Gasteiger partial charge in [-0.1, -0.05) is 178 Å². The standard InChI is InChI=1S/C50H36.C2H6/c1-32-16-13-30-45-47(32)39-22-3-2-4-25-42(39)49(45)43-28-11-12-29-44(43)50(40-26-9-7-20-36(40)37-21-8-10-27-41(37)50)48-38(24-15-31-46(48)49)35-23-14-18-33-17-5-6-19-34(33)35;1-2/h4-15,17-21,23-31H,1-3,16,22H2;1-2H3. The Morgan fingerprint density at radius 2 is 1.06 bits per heavy atom. The van der Waals surface area contributed by atoms with Crippen LogP contribution in [0.2, 0.25) is 0 Å². The van der Waals surface area contributed by atoms with Gasteiger partial charge in [-0.25, -0.2) is 0 Å². The van der Waals surface area contributed by atoms with Crippen molar-refractivity contribution in [2.45, 2.75) is 50.4 Å². The smallest absolute Gasteiger partial charge is 0.0725 e. The molecular formula is C52H42. The molecular weight excluding hydrogens is 625 g/mol. The first-order valence-electron chi connectivity index (χ1n) is 19.2. The van der Waals surface area contributed by atoms with E-state index < -0.39 is 10.8 Å². The van der Waals surface area contributed by atoms with Gasteiger partial charge in [0.2, 0.25) is 0 Å². The second-order valence-corrected chi connectivity index (χ2v) is 14.6. The zero-order valence-electron chi connectivity index (χ0n) is 30.0. The first-order chi connectivity index (χ1) is 25.8.